The highest BCUT2D eigenvalue weighted by atomic mass is 16.4. The highest BCUT2D eigenvalue weighted by molar-refractivity contribution is 5.76. The zero-order valence-electron chi connectivity index (χ0n) is 12.5. The van der Waals surface area contributed by atoms with Gasteiger partial charge in [-0.2, -0.15) is 0 Å². The Kier molecular flexibility index (Phi) is 9.21. The van der Waals surface area contributed by atoms with E-state index in [-0.39, 0.29) is 23.9 Å². The number of carbonyl (C=O) groups excluding carboxylic acids is 1. The molecule has 0 radical (unpaired) electrons. The fourth-order valence-electron chi connectivity index (χ4n) is 1.96. The zero-order chi connectivity index (χ0) is 14.8. The average molecular weight is 272 g/mol. The first-order valence-corrected chi connectivity index (χ1v) is 7.12. The van der Waals surface area contributed by atoms with E-state index in [1.165, 1.54) is 0 Å². The van der Waals surface area contributed by atoms with Crippen LogP contribution in [0.4, 0.5) is 0 Å². The Hall–Kier alpha value is -1.10. The fraction of sp³-hybridized carbons (Fsp3) is 0.857. The summed E-state index contributed by atoms with van der Waals surface area (Å²) in [6.45, 7) is 8.53. The Labute approximate surface area is 116 Å². The summed E-state index contributed by atoms with van der Waals surface area (Å²) in [5.74, 6) is -1.01. The SMILES string of the molecule is CCNC(C)CC(=O)NC(C)CCCC(C)C(=O)O. The second-order valence-corrected chi connectivity index (χ2v) is 5.30. The van der Waals surface area contributed by atoms with Crippen molar-refractivity contribution in [2.24, 2.45) is 5.92 Å². The number of aliphatic carboxylic acids is 1. The third-order valence-electron chi connectivity index (χ3n) is 3.15. The van der Waals surface area contributed by atoms with Crippen molar-refractivity contribution in [3.05, 3.63) is 0 Å². The summed E-state index contributed by atoms with van der Waals surface area (Å²) in [4.78, 5) is 22.4. The fourth-order valence-corrected chi connectivity index (χ4v) is 1.96. The van der Waals surface area contributed by atoms with Crippen LogP contribution < -0.4 is 10.6 Å². The van der Waals surface area contributed by atoms with Gasteiger partial charge in [0, 0.05) is 18.5 Å². The molecule has 0 aromatic heterocycles. The second-order valence-electron chi connectivity index (χ2n) is 5.30. The van der Waals surface area contributed by atoms with Crippen LogP contribution in [0.5, 0.6) is 0 Å². The van der Waals surface area contributed by atoms with Crippen molar-refractivity contribution in [1.29, 1.82) is 0 Å². The summed E-state index contributed by atoms with van der Waals surface area (Å²) < 4.78 is 0. The summed E-state index contributed by atoms with van der Waals surface area (Å²) in [5.41, 5.74) is 0. The van der Waals surface area contributed by atoms with Crippen LogP contribution in [-0.4, -0.2) is 35.6 Å². The van der Waals surface area contributed by atoms with Crippen LogP contribution in [0.2, 0.25) is 0 Å². The van der Waals surface area contributed by atoms with Gasteiger partial charge in [0.25, 0.3) is 0 Å². The van der Waals surface area contributed by atoms with Gasteiger partial charge in [0.2, 0.25) is 5.91 Å². The number of nitrogens with one attached hydrogen (secondary N) is 2. The molecule has 0 aliphatic heterocycles. The molecular formula is C14H28N2O3. The van der Waals surface area contributed by atoms with Gasteiger partial charge in [0.15, 0.2) is 0 Å². The number of amides is 1. The quantitative estimate of drug-likeness (QED) is 0.566. The molecule has 1 amide bonds. The highest BCUT2D eigenvalue weighted by Crippen LogP contribution is 2.09. The first-order valence-electron chi connectivity index (χ1n) is 7.12. The predicted molar refractivity (Wildman–Crippen MR) is 76.0 cm³/mol. The molecule has 0 aliphatic carbocycles. The Morgan fingerprint density at radius 2 is 1.74 bits per heavy atom. The largest absolute Gasteiger partial charge is 0.481 e. The molecule has 19 heavy (non-hydrogen) atoms. The van der Waals surface area contributed by atoms with Gasteiger partial charge in [0.1, 0.15) is 0 Å². The third kappa shape index (κ3) is 9.47. The maximum Gasteiger partial charge on any atom is 0.306 e. The van der Waals surface area contributed by atoms with Gasteiger partial charge >= 0.3 is 5.97 Å². The molecule has 3 atom stereocenters. The summed E-state index contributed by atoms with van der Waals surface area (Å²) in [7, 11) is 0. The van der Waals surface area contributed by atoms with Crippen LogP contribution in [-0.2, 0) is 9.59 Å². The van der Waals surface area contributed by atoms with E-state index in [9.17, 15) is 9.59 Å². The van der Waals surface area contributed by atoms with Gasteiger partial charge in [-0.15, -0.1) is 0 Å². The van der Waals surface area contributed by atoms with Crippen molar-refractivity contribution in [3.63, 3.8) is 0 Å². The lowest BCUT2D eigenvalue weighted by Crippen LogP contribution is -2.37. The number of rotatable bonds is 10. The molecule has 0 saturated carbocycles. The molecule has 0 aromatic carbocycles. The minimum atomic E-state index is -0.754. The Morgan fingerprint density at radius 3 is 2.26 bits per heavy atom. The average Bonchev–Trinajstić information content (AvgIpc) is 2.28. The van der Waals surface area contributed by atoms with E-state index in [4.69, 9.17) is 5.11 Å². The molecule has 5 nitrogen and oxygen atoms in total. The van der Waals surface area contributed by atoms with Crippen LogP contribution in [0.3, 0.4) is 0 Å². The van der Waals surface area contributed by atoms with Crippen molar-refractivity contribution in [3.8, 4) is 0 Å². The van der Waals surface area contributed by atoms with Gasteiger partial charge in [-0.25, -0.2) is 0 Å². The van der Waals surface area contributed by atoms with Crippen molar-refractivity contribution >= 4 is 11.9 Å². The van der Waals surface area contributed by atoms with Crippen molar-refractivity contribution in [2.75, 3.05) is 6.54 Å². The number of carbonyl (C=O) groups is 2. The number of hydrogen-bond donors (Lipinski definition) is 3. The lowest BCUT2D eigenvalue weighted by molar-refractivity contribution is -0.141. The standard InChI is InChI=1S/C14H28N2O3/c1-5-15-12(4)9-13(17)16-11(3)8-6-7-10(2)14(18)19/h10-12,15H,5-9H2,1-4H3,(H,16,17)(H,18,19). The number of hydrogen-bond acceptors (Lipinski definition) is 3. The summed E-state index contributed by atoms with van der Waals surface area (Å²) >= 11 is 0. The monoisotopic (exact) mass is 272 g/mol. The minimum Gasteiger partial charge on any atom is -0.481 e. The summed E-state index contributed by atoms with van der Waals surface area (Å²) in [5, 5.41) is 14.9. The van der Waals surface area contributed by atoms with Gasteiger partial charge < -0.3 is 15.7 Å². The maximum absolute atomic E-state index is 11.7. The van der Waals surface area contributed by atoms with Crippen LogP contribution in [0.1, 0.15) is 53.4 Å². The lowest BCUT2D eigenvalue weighted by atomic mass is 10.0. The van der Waals surface area contributed by atoms with Gasteiger partial charge in [0.05, 0.1) is 5.92 Å². The Balaban J connectivity index is 3.76. The van der Waals surface area contributed by atoms with E-state index < -0.39 is 5.97 Å². The first kappa shape index (κ1) is 17.9. The molecule has 5 heteroatoms. The van der Waals surface area contributed by atoms with Gasteiger partial charge in [-0.3, -0.25) is 9.59 Å². The second kappa shape index (κ2) is 9.78. The van der Waals surface area contributed by atoms with Crippen LogP contribution in [0.25, 0.3) is 0 Å². The van der Waals surface area contributed by atoms with Gasteiger partial charge in [-0.1, -0.05) is 20.3 Å². The third-order valence-corrected chi connectivity index (χ3v) is 3.15. The molecule has 0 rings (SSSR count). The molecule has 0 aromatic rings. The molecule has 112 valence electrons. The maximum atomic E-state index is 11.7. The van der Waals surface area contributed by atoms with E-state index in [2.05, 4.69) is 10.6 Å². The molecule has 0 fully saturated rings. The van der Waals surface area contributed by atoms with Crippen LogP contribution >= 0.6 is 0 Å². The van der Waals surface area contributed by atoms with Crippen molar-refractivity contribution in [1.82, 2.24) is 10.6 Å². The van der Waals surface area contributed by atoms with Crippen LogP contribution in [0, 0.1) is 5.92 Å². The molecule has 0 aliphatic rings. The predicted octanol–water partition coefficient (Wildman–Crippen LogP) is 1.77. The van der Waals surface area contributed by atoms with Crippen molar-refractivity contribution in [2.45, 2.75) is 65.5 Å². The summed E-state index contributed by atoms with van der Waals surface area (Å²) in [6.07, 6.45) is 2.77. The summed E-state index contributed by atoms with van der Waals surface area (Å²) in [6, 6.07) is 0.284. The zero-order valence-corrected chi connectivity index (χ0v) is 12.5. The Morgan fingerprint density at radius 1 is 1.11 bits per heavy atom. The topological polar surface area (TPSA) is 78.4 Å². The molecular weight excluding hydrogens is 244 g/mol. The van der Waals surface area contributed by atoms with E-state index >= 15 is 0 Å². The molecule has 0 heterocycles. The lowest BCUT2D eigenvalue weighted by Gasteiger charge is -2.17. The minimum absolute atomic E-state index is 0.0484. The smallest absolute Gasteiger partial charge is 0.306 e. The molecule has 3 unspecified atom stereocenters. The van der Waals surface area contributed by atoms with Crippen molar-refractivity contribution < 1.29 is 14.7 Å². The van der Waals surface area contributed by atoms with E-state index in [0.29, 0.717) is 12.8 Å². The van der Waals surface area contributed by atoms with E-state index in [0.717, 1.165) is 19.4 Å². The number of carboxylic acid groups (broad SMARTS) is 1. The van der Waals surface area contributed by atoms with E-state index in [1.807, 2.05) is 20.8 Å². The molecule has 0 saturated heterocycles. The molecule has 3 N–H and O–H groups in total. The first-order chi connectivity index (χ1) is 8.86. The van der Waals surface area contributed by atoms with Crippen LogP contribution in [0.15, 0.2) is 0 Å². The normalized spacial score (nSPS) is 15.6. The Bertz CT molecular complexity index is 282. The highest BCUT2D eigenvalue weighted by Gasteiger charge is 2.13. The molecule has 0 bridgehead atoms. The van der Waals surface area contributed by atoms with E-state index in [1.54, 1.807) is 6.92 Å². The van der Waals surface area contributed by atoms with Gasteiger partial charge in [-0.05, 0) is 33.2 Å². The molecule has 0 spiro atoms. The number of carboxylic acids is 1.